The molecule has 2 heterocycles. The highest BCUT2D eigenvalue weighted by molar-refractivity contribution is 7.89. The van der Waals surface area contributed by atoms with E-state index >= 15 is 0 Å². The number of nitrogens with one attached hydrogen (secondary N) is 1. The summed E-state index contributed by atoms with van der Waals surface area (Å²) in [6.45, 7) is 0.0601. The lowest BCUT2D eigenvalue weighted by Crippen LogP contribution is -2.22. The van der Waals surface area contributed by atoms with Crippen molar-refractivity contribution in [1.29, 1.82) is 0 Å². The Bertz CT molecular complexity index is 1220. The molecule has 1 aliphatic rings. The minimum absolute atomic E-state index is 0.0601. The summed E-state index contributed by atoms with van der Waals surface area (Å²) in [4.78, 5) is 17.2. The highest BCUT2D eigenvalue weighted by Gasteiger charge is 2.21. The van der Waals surface area contributed by atoms with Gasteiger partial charge in [0, 0.05) is 30.6 Å². The van der Waals surface area contributed by atoms with Gasteiger partial charge >= 0.3 is 0 Å². The number of sulfonamides is 1. The summed E-state index contributed by atoms with van der Waals surface area (Å²) < 4.78 is 36.0. The van der Waals surface area contributed by atoms with Gasteiger partial charge in [0.15, 0.2) is 16.6 Å². The van der Waals surface area contributed by atoms with Crippen LogP contribution in [0.25, 0.3) is 11.3 Å². The van der Waals surface area contributed by atoms with Crippen molar-refractivity contribution in [2.45, 2.75) is 4.90 Å². The number of amides is 1. The van der Waals surface area contributed by atoms with Gasteiger partial charge < -0.3 is 9.47 Å². The second-order valence-corrected chi connectivity index (χ2v) is 9.91. The van der Waals surface area contributed by atoms with Crippen molar-refractivity contribution >= 4 is 44.0 Å². The summed E-state index contributed by atoms with van der Waals surface area (Å²) in [5.74, 6) is 0.452. The third-order valence-corrected chi connectivity index (χ3v) is 7.21. The maximum absolute atomic E-state index is 12.6. The molecule has 156 valence electrons. The van der Waals surface area contributed by atoms with Crippen LogP contribution < -0.4 is 14.8 Å². The predicted octanol–water partition coefficient (Wildman–Crippen LogP) is 3.69. The topological polar surface area (TPSA) is 97.8 Å². The van der Waals surface area contributed by atoms with Gasteiger partial charge in [-0.3, -0.25) is 10.1 Å². The van der Waals surface area contributed by atoms with E-state index in [4.69, 9.17) is 21.1 Å². The number of ether oxygens (including phenoxy) is 2. The fourth-order valence-electron chi connectivity index (χ4n) is 2.74. The molecule has 3 aromatic rings. The molecule has 1 N–H and O–H groups in total. The third kappa shape index (κ3) is 3.86. The monoisotopic (exact) mass is 465 g/mol. The first kappa shape index (κ1) is 20.6. The Kier molecular flexibility index (Phi) is 5.41. The highest BCUT2D eigenvalue weighted by Crippen LogP contribution is 2.40. The first-order chi connectivity index (χ1) is 14.3. The third-order valence-electron chi connectivity index (χ3n) is 4.34. The summed E-state index contributed by atoms with van der Waals surface area (Å²) in [7, 11) is -0.540. The van der Waals surface area contributed by atoms with Crippen LogP contribution in [0.5, 0.6) is 11.5 Å². The van der Waals surface area contributed by atoms with Gasteiger partial charge in [-0.1, -0.05) is 23.7 Å². The molecule has 0 fully saturated rings. The number of nitrogens with zero attached hydrogens (tertiary/aromatic N) is 2. The van der Waals surface area contributed by atoms with E-state index in [1.165, 1.54) is 43.6 Å². The molecule has 1 aliphatic heterocycles. The van der Waals surface area contributed by atoms with Crippen molar-refractivity contribution < 1.29 is 22.7 Å². The maximum Gasteiger partial charge on any atom is 0.257 e. The molecule has 30 heavy (non-hydrogen) atoms. The second-order valence-electron chi connectivity index (χ2n) is 6.50. The minimum Gasteiger partial charge on any atom is -0.454 e. The van der Waals surface area contributed by atoms with Crippen molar-refractivity contribution in [2.24, 2.45) is 0 Å². The molecular formula is C19H16ClN3O5S2. The summed E-state index contributed by atoms with van der Waals surface area (Å²) in [5, 5.41) is 5.19. The number of carbonyl (C=O) groups is 1. The van der Waals surface area contributed by atoms with Crippen LogP contribution in [0.2, 0.25) is 5.02 Å². The van der Waals surface area contributed by atoms with Crippen LogP contribution in [0.3, 0.4) is 0 Å². The molecule has 0 unspecified atom stereocenters. The Balaban J connectivity index is 1.51. The van der Waals surface area contributed by atoms with Crippen molar-refractivity contribution in [2.75, 3.05) is 26.2 Å². The molecule has 0 bridgehead atoms. The lowest BCUT2D eigenvalue weighted by Gasteiger charge is -2.11. The van der Waals surface area contributed by atoms with E-state index < -0.39 is 10.0 Å². The highest BCUT2D eigenvalue weighted by atomic mass is 35.5. The fraction of sp³-hybridized carbons (Fsp3) is 0.158. The number of thiazole rings is 1. The summed E-state index contributed by atoms with van der Waals surface area (Å²) in [6.07, 6.45) is 0. The molecule has 8 nitrogen and oxygen atoms in total. The average Bonchev–Trinajstić information content (AvgIpc) is 3.37. The van der Waals surface area contributed by atoms with Gasteiger partial charge in [-0.2, -0.15) is 0 Å². The van der Waals surface area contributed by atoms with E-state index in [1.54, 1.807) is 23.6 Å². The quantitative estimate of drug-likeness (QED) is 0.617. The molecule has 0 atom stereocenters. The second kappa shape index (κ2) is 7.88. The molecule has 0 radical (unpaired) electrons. The predicted molar refractivity (Wildman–Crippen MR) is 114 cm³/mol. The van der Waals surface area contributed by atoms with Crippen molar-refractivity contribution in [3.63, 3.8) is 0 Å². The smallest absolute Gasteiger partial charge is 0.257 e. The van der Waals surface area contributed by atoms with Crippen LogP contribution >= 0.6 is 22.9 Å². The van der Waals surface area contributed by atoms with Gasteiger partial charge in [-0.15, -0.1) is 11.3 Å². The van der Waals surface area contributed by atoms with Crippen LogP contribution in [0.1, 0.15) is 10.4 Å². The van der Waals surface area contributed by atoms with Crippen molar-refractivity contribution in [3.05, 3.63) is 52.4 Å². The van der Waals surface area contributed by atoms with E-state index in [0.717, 1.165) is 9.87 Å². The first-order valence-electron chi connectivity index (χ1n) is 8.64. The van der Waals surface area contributed by atoms with Gasteiger partial charge in [0.05, 0.1) is 15.6 Å². The largest absolute Gasteiger partial charge is 0.454 e. The Morgan fingerprint density at radius 1 is 1.20 bits per heavy atom. The Morgan fingerprint density at radius 2 is 1.93 bits per heavy atom. The average molecular weight is 466 g/mol. The molecule has 0 aliphatic carbocycles. The molecule has 0 saturated carbocycles. The molecule has 11 heteroatoms. The van der Waals surface area contributed by atoms with Gasteiger partial charge in [0.1, 0.15) is 0 Å². The van der Waals surface area contributed by atoms with Crippen molar-refractivity contribution in [1.82, 2.24) is 9.29 Å². The molecule has 2 aromatic carbocycles. The van der Waals surface area contributed by atoms with Crippen LogP contribution in [0, 0.1) is 0 Å². The van der Waals surface area contributed by atoms with Crippen LogP contribution in [0.4, 0.5) is 5.13 Å². The number of fused-ring (bicyclic) bond motifs is 1. The first-order valence-corrected chi connectivity index (χ1v) is 11.3. The van der Waals surface area contributed by atoms with Gasteiger partial charge in [-0.25, -0.2) is 17.7 Å². The van der Waals surface area contributed by atoms with Gasteiger partial charge in [-0.05, 0) is 24.3 Å². The number of hydrogen-bond acceptors (Lipinski definition) is 7. The summed E-state index contributed by atoms with van der Waals surface area (Å²) in [5.41, 5.74) is 1.67. The van der Waals surface area contributed by atoms with E-state index in [1.807, 2.05) is 0 Å². The standard InChI is InChI=1S/C19H16ClN3O5S2/c1-23(2)30(25,26)13-5-3-11(4-6-13)15-9-29-19(21-15)22-18(24)12-7-14(20)17-16(8-12)27-10-28-17/h3-9H,10H2,1-2H3,(H,21,22,24). The SMILES string of the molecule is CN(C)S(=O)(=O)c1ccc(-c2csc(NC(=O)c3cc(Cl)c4c(c3)OCO4)n2)cc1. The molecule has 1 aromatic heterocycles. The number of halogens is 1. The van der Waals surface area contributed by atoms with Crippen LogP contribution in [-0.2, 0) is 10.0 Å². The molecular weight excluding hydrogens is 450 g/mol. The number of rotatable bonds is 5. The normalized spacial score (nSPS) is 12.9. The zero-order valence-electron chi connectivity index (χ0n) is 15.9. The van der Waals surface area contributed by atoms with E-state index in [2.05, 4.69) is 10.3 Å². The fourth-order valence-corrected chi connectivity index (χ4v) is 4.62. The summed E-state index contributed by atoms with van der Waals surface area (Å²) in [6, 6.07) is 9.46. The minimum atomic E-state index is -3.50. The van der Waals surface area contributed by atoms with Crippen LogP contribution in [-0.4, -0.2) is 44.5 Å². The number of carbonyl (C=O) groups excluding carboxylic acids is 1. The lowest BCUT2D eigenvalue weighted by atomic mass is 10.2. The van der Waals surface area contributed by atoms with E-state index in [9.17, 15) is 13.2 Å². The zero-order valence-corrected chi connectivity index (χ0v) is 18.3. The summed E-state index contributed by atoms with van der Waals surface area (Å²) >= 11 is 7.38. The molecule has 4 rings (SSSR count). The molecule has 0 spiro atoms. The van der Waals surface area contributed by atoms with Gasteiger partial charge in [0.25, 0.3) is 5.91 Å². The Morgan fingerprint density at radius 3 is 2.63 bits per heavy atom. The van der Waals surface area contributed by atoms with E-state index in [-0.39, 0.29) is 17.6 Å². The molecule has 0 saturated heterocycles. The number of hydrogen-bond donors (Lipinski definition) is 1. The number of benzene rings is 2. The Hall–Kier alpha value is -2.66. The van der Waals surface area contributed by atoms with Gasteiger partial charge in [0.2, 0.25) is 16.8 Å². The molecule has 1 amide bonds. The maximum atomic E-state index is 12.6. The lowest BCUT2D eigenvalue weighted by molar-refractivity contribution is 0.102. The Labute approximate surface area is 182 Å². The van der Waals surface area contributed by atoms with Crippen molar-refractivity contribution in [3.8, 4) is 22.8 Å². The van der Waals surface area contributed by atoms with Crippen LogP contribution in [0.15, 0.2) is 46.7 Å². The number of anilines is 1. The zero-order chi connectivity index (χ0) is 21.5. The number of aromatic nitrogens is 1. The van der Waals surface area contributed by atoms with E-state index in [0.29, 0.717) is 32.9 Å².